The first-order chi connectivity index (χ1) is 25.4. The van der Waals surface area contributed by atoms with Gasteiger partial charge >= 0.3 is 0 Å². The Balaban J connectivity index is 1.22. The third kappa shape index (κ3) is 9.59. The van der Waals surface area contributed by atoms with Crippen molar-refractivity contribution < 1.29 is 18.3 Å². The lowest BCUT2D eigenvalue weighted by atomic mass is 9.45. The number of aliphatic hydroxyl groups excluding tert-OH is 1. The highest BCUT2D eigenvalue weighted by molar-refractivity contribution is 7.89. The summed E-state index contributed by atoms with van der Waals surface area (Å²) in [5, 5.41) is 15.1. The Bertz CT molecular complexity index is 1820. The molecule has 54 heavy (non-hydrogen) atoms. The molecule has 9 heteroatoms. The predicted molar refractivity (Wildman–Crippen MR) is 220 cm³/mol. The number of nitrogens with one attached hydrogen (secondary N) is 1. The van der Waals surface area contributed by atoms with Crippen LogP contribution in [0.15, 0.2) is 72.8 Å². The molecule has 0 aromatic heterocycles. The Morgan fingerprint density at radius 3 is 2.35 bits per heavy atom. The van der Waals surface area contributed by atoms with Crippen LogP contribution in [0.2, 0.25) is 0 Å². The van der Waals surface area contributed by atoms with E-state index < -0.39 is 22.3 Å². The smallest absolute Gasteiger partial charge is 0.214 e. The minimum absolute atomic E-state index is 0.0610. The molecule has 0 spiro atoms. The SMILES string of the molecule is Cc1ccc(Oc2ccccc2CN(Cc2cccc(CN3C(C(O)N[C@H]4C[C@H]5C[C@@H]([C@@H]4C)C5(C)C)CCS3(=O)=O)c2)[C@H](CN(C)C)CC(C)(C)C)cc1. The summed E-state index contributed by atoms with van der Waals surface area (Å²) in [6.07, 6.45) is 2.82. The molecule has 2 unspecified atom stereocenters. The number of para-hydroxylation sites is 1. The van der Waals surface area contributed by atoms with Gasteiger partial charge in [-0.15, -0.1) is 0 Å². The monoisotopic (exact) mass is 758 g/mol. The molecule has 3 saturated carbocycles. The van der Waals surface area contributed by atoms with E-state index in [2.05, 4.69) is 114 Å². The maximum atomic E-state index is 13.5. The summed E-state index contributed by atoms with van der Waals surface area (Å²) < 4.78 is 35.1. The van der Waals surface area contributed by atoms with Crippen LogP contribution in [-0.2, 0) is 29.7 Å². The lowest BCUT2D eigenvalue weighted by Gasteiger charge is -2.62. The first kappa shape index (κ1) is 40.9. The van der Waals surface area contributed by atoms with Crippen molar-refractivity contribution in [2.24, 2.45) is 28.6 Å². The molecule has 3 aliphatic carbocycles. The molecule has 296 valence electrons. The number of aryl methyl sites for hydroxylation is 1. The molecule has 7 rings (SSSR count). The first-order valence-electron chi connectivity index (χ1n) is 20.1. The minimum atomic E-state index is -3.51. The van der Waals surface area contributed by atoms with Crippen LogP contribution >= 0.6 is 0 Å². The number of ether oxygens (including phenoxy) is 1. The molecule has 8 nitrogen and oxygen atoms in total. The van der Waals surface area contributed by atoms with Crippen molar-refractivity contribution >= 4 is 10.0 Å². The number of aliphatic hydroxyl groups is 1. The average molecular weight is 759 g/mol. The van der Waals surface area contributed by atoms with Crippen LogP contribution in [0.1, 0.15) is 89.5 Å². The predicted octanol–water partition coefficient (Wildman–Crippen LogP) is 8.04. The number of likely N-dealkylation sites (N-methyl/N-ethyl adjacent to an activating group) is 1. The van der Waals surface area contributed by atoms with E-state index in [9.17, 15) is 13.5 Å². The van der Waals surface area contributed by atoms with Crippen molar-refractivity contribution in [2.75, 3.05) is 26.4 Å². The Hall–Kier alpha value is -2.79. The van der Waals surface area contributed by atoms with E-state index in [0.717, 1.165) is 47.6 Å². The highest BCUT2D eigenvalue weighted by Crippen LogP contribution is 2.61. The molecule has 2 bridgehead atoms. The maximum absolute atomic E-state index is 13.5. The van der Waals surface area contributed by atoms with Crippen LogP contribution in [0.3, 0.4) is 0 Å². The van der Waals surface area contributed by atoms with E-state index >= 15 is 0 Å². The summed E-state index contributed by atoms with van der Waals surface area (Å²) in [4.78, 5) is 4.83. The van der Waals surface area contributed by atoms with E-state index in [1.165, 1.54) is 12.0 Å². The lowest BCUT2D eigenvalue weighted by Crippen LogP contribution is -2.62. The van der Waals surface area contributed by atoms with Crippen molar-refractivity contribution in [1.29, 1.82) is 0 Å². The number of rotatable bonds is 15. The fourth-order valence-corrected chi connectivity index (χ4v) is 11.4. The maximum Gasteiger partial charge on any atom is 0.214 e. The van der Waals surface area contributed by atoms with Crippen LogP contribution in [0.25, 0.3) is 0 Å². The van der Waals surface area contributed by atoms with Gasteiger partial charge in [0.25, 0.3) is 0 Å². The second-order valence-electron chi connectivity index (χ2n) is 18.8. The van der Waals surface area contributed by atoms with Crippen LogP contribution < -0.4 is 10.1 Å². The average Bonchev–Trinajstić information content (AvgIpc) is 3.39. The Morgan fingerprint density at radius 1 is 0.981 bits per heavy atom. The summed E-state index contributed by atoms with van der Waals surface area (Å²) in [6.45, 7) is 18.6. The molecule has 1 heterocycles. The van der Waals surface area contributed by atoms with Crippen molar-refractivity contribution in [1.82, 2.24) is 19.4 Å². The minimum Gasteiger partial charge on any atom is -0.457 e. The zero-order chi connectivity index (χ0) is 39.0. The molecule has 1 saturated heterocycles. The second kappa shape index (κ2) is 16.4. The van der Waals surface area contributed by atoms with Gasteiger partial charge in [0.05, 0.1) is 11.8 Å². The summed E-state index contributed by atoms with van der Waals surface area (Å²) in [6, 6.07) is 24.8. The highest BCUT2D eigenvalue weighted by atomic mass is 32.2. The fraction of sp³-hybridized carbons (Fsp3) is 0.600. The van der Waals surface area contributed by atoms with E-state index in [1.807, 2.05) is 36.4 Å². The summed E-state index contributed by atoms with van der Waals surface area (Å²) in [5.41, 5.74) is 4.84. The zero-order valence-corrected chi connectivity index (χ0v) is 35.1. The Kier molecular flexibility index (Phi) is 12.4. The standard InChI is InChI=1S/C45H66N4O4S/c1-31-17-19-38(20-18-31)53-42-16-11-10-15-35(42)29-48(37(30-47(8)9)26-44(3,4)5)27-33-13-12-14-34(23-33)28-49-41(21-22-54(49,51)52)43(50)46-40-25-36-24-39(32(40)2)45(36,6)7/h10-20,23,32,36-37,39-41,43,46,50H,21-22,24-30H2,1-9H3/t32-,36+,37-,39-,40-,41?,43?/m0/s1. The number of fused-ring (bicyclic) bond motifs is 2. The third-order valence-corrected chi connectivity index (χ3v) is 14.6. The quantitative estimate of drug-likeness (QED) is 0.152. The Morgan fingerprint density at radius 2 is 1.69 bits per heavy atom. The molecule has 3 aromatic carbocycles. The molecule has 4 aliphatic rings. The van der Waals surface area contributed by atoms with Gasteiger partial charge in [-0.25, -0.2) is 8.42 Å². The van der Waals surface area contributed by atoms with Crippen molar-refractivity contribution in [3.05, 3.63) is 95.1 Å². The van der Waals surface area contributed by atoms with E-state index in [0.29, 0.717) is 42.7 Å². The van der Waals surface area contributed by atoms with Crippen LogP contribution in [0.5, 0.6) is 11.5 Å². The highest BCUT2D eigenvalue weighted by Gasteiger charge is 2.56. The van der Waals surface area contributed by atoms with Crippen molar-refractivity contribution in [2.45, 2.75) is 118 Å². The van der Waals surface area contributed by atoms with Gasteiger partial charge in [0, 0.05) is 43.8 Å². The van der Waals surface area contributed by atoms with E-state index in [4.69, 9.17) is 4.74 Å². The number of benzene rings is 3. The van der Waals surface area contributed by atoms with Gasteiger partial charge in [0.2, 0.25) is 10.0 Å². The summed E-state index contributed by atoms with van der Waals surface area (Å²) >= 11 is 0. The van der Waals surface area contributed by atoms with Crippen LogP contribution in [-0.4, -0.2) is 78.4 Å². The number of hydrogen-bond acceptors (Lipinski definition) is 7. The lowest BCUT2D eigenvalue weighted by molar-refractivity contribution is -0.124. The van der Waals surface area contributed by atoms with Gasteiger partial charge in [-0.3, -0.25) is 10.2 Å². The van der Waals surface area contributed by atoms with Gasteiger partial charge in [-0.05, 0) is 105 Å². The Labute approximate surface area is 326 Å². The van der Waals surface area contributed by atoms with Gasteiger partial charge in [-0.1, -0.05) is 102 Å². The topological polar surface area (TPSA) is 85.3 Å². The second-order valence-corrected chi connectivity index (χ2v) is 20.9. The van der Waals surface area contributed by atoms with Crippen molar-refractivity contribution in [3.63, 3.8) is 0 Å². The van der Waals surface area contributed by atoms with Crippen LogP contribution in [0, 0.1) is 35.5 Å². The van der Waals surface area contributed by atoms with E-state index in [1.54, 1.807) is 4.31 Å². The summed E-state index contributed by atoms with van der Waals surface area (Å²) in [5.74, 6) is 3.47. The zero-order valence-electron chi connectivity index (χ0n) is 34.3. The molecule has 7 atom stereocenters. The van der Waals surface area contributed by atoms with Gasteiger partial charge in [0.15, 0.2) is 0 Å². The van der Waals surface area contributed by atoms with Gasteiger partial charge in [-0.2, -0.15) is 4.31 Å². The van der Waals surface area contributed by atoms with Gasteiger partial charge < -0.3 is 14.7 Å². The molecule has 2 N–H and O–H groups in total. The number of hydrogen-bond donors (Lipinski definition) is 2. The molecular formula is C45H66N4O4S. The summed E-state index contributed by atoms with van der Waals surface area (Å²) in [7, 11) is 0.765. The normalized spacial score (nSPS) is 26.1. The van der Waals surface area contributed by atoms with Crippen LogP contribution in [0.4, 0.5) is 0 Å². The molecular weight excluding hydrogens is 693 g/mol. The number of nitrogens with zero attached hydrogens (tertiary/aromatic N) is 3. The number of sulfonamides is 1. The third-order valence-electron chi connectivity index (χ3n) is 12.8. The largest absolute Gasteiger partial charge is 0.457 e. The molecule has 0 amide bonds. The fourth-order valence-electron chi connectivity index (χ4n) is 9.65. The van der Waals surface area contributed by atoms with E-state index in [-0.39, 0.29) is 29.8 Å². The van der Waals surface area contributed by atoms with Gasteiger partial charge in [0.1, 0.15) is 17.7 Å². The first-order valence-corrected chi connectivity index (χ1v) is 21.7. The molecule has 0 radical (unpaired) electrons. The molecule has 1 aliphatic heterocycles. The molecule has 4 fully saturated rings. The molecule has 3 aromatic rings. The van der Waals surface area contributed by atoms with Crippen molar-refractivity contribution in [3.8, 4) is 11.5 Å².